The van der Waals surface area contributed by atoms with Crippen LogP contribution in [0, 0.1) is 22.0 Å². The molecule has 130 valence electrons. The van der Waals surface area contributed by atoms with Gasteiger partial charge in [-0.25, -0.2) is 4.79 Å². The van der Waals surface area contributed by atoms with Gasteiger partial charge in [0.05, 0.1) is 0 Å². The van der Waals surface area contributed by atoms with Crippen molar-refractivity contribution in [2.45, 2.75) is 51.7 Å². The molecule has 1 N–H and O–H groups in total. The zero-order valence-corrected chi connectivity index (χ0v) is 13.9. The molecule has 0 radical (unpaired) electrons. The summed E-state index contributed by atoms with van der Waals surface area (Å²) in [7, 11) is 0. The Morgan fingerprint density at radius 1 is 1.39 bits per heavy atom. The summed E-state index contributed by atoms with van der Waals surface area (Å²) < 4.78 is 5.19. The van der Waals surface area contributed by atoms with Gasteiger partial charge in [-0.05, 0) is 39.5 Å². The Labute approximate surface area is 135 Å². The standard InChI is InChI=1S/C15H25N3O5/c1-15(2,3)23-14(20)16-8-10-5-4-6-17(9-10)13(19)11-7-12(11)18(21)22/h10-12H,4-9H2,1-3H3,(H,16,20)/t10-,11+,12-/m0/s1. The van der Waals surface area contributed by atoms with Crippen LogP contribution in [0.25, 0.3) is 0 Å². The Morgan fingerprint density at radius 2 is 2.09 bits per heavy atom. The minimum Gasteiger partial charge on any atom is -0.444 e. The molecule has 0 aromatic carbocycles. The number of rotatable bonds is 4. The van der Waals surface area contributed by atoms with Gasteiger partial charge in [0.25, 0.3) is 0 Å². The van der Waals surface area contributed by atoms with Gasteiger partial charge in [0, 0.05) is 31.0 Å². The van der Waals surface area contributed by atoms with Crippen LogP contribution in [0.2, 0.25) is 0 Å². The molecular formula is C15H25N3O5. The average Bonchev–Trinajstić information content (AvgIpc) is 3.23. The summed E-state index contributed by atoms with van der Waals surface area (Å²) in [6, 6.07) is -0.706. The first kappa shape index (κ1) is 17.5. The number of carbonyl (C=O) groups is 2. The first-order valence-corrected chi connectivity index (χ1v) is 8.06. The van der Waals surface area contributed by atoms with Crippen LogP contribution in [-0.4, -0.2) is 53.1 Å². The Hall–Kier alpha value is -1.86. The number of hydrogen-bond acceptors (Lipinski definition) is 5. The number of carbonyl (C=O) groups excluding carboxylic acids is 2. The molecule has 2 fully saturated rings. The molecule has 0 aromatic rings. The Morgan fingerprint density at radius 3 is 2.65 bits per heavy atom. The summed E-state index contributed by atoms with van der Waals surface area (Å²) in [5.74, 6) is -0.413. The molecule has 0 spiro atoms. The van der Waals surface area contributed by atoms with Gasteiger partial charge in [0.1, 0.15) is 11.5 Å². The first-order chi connectivity index (χ1) is 10.7. The number of ether oxygens (including phenoxy) is 1. The van der Waals surface area contributed by atoms with Crippen LogP contribution in [0.5, 0.6) is 0 Å². The first-order valence-electron chi connectivity index (χ1n) is 8.06. The van der Waals surface area contributed by atoms with E-state index in [9.17, 15) is 19.7 Å². The largest absolute Gasteiger partial charge is 0.444 e. The van der Waals surface area contributed by atoms with Crippen LogP contribution in [0.4, 0.5) is 4.79 Å². The minimum atomic E-state index is -0.706. The fourth-order valence-corrected chi connectivity index (χ4v) is 2.89. The van der Waals surface area contributed by atoms with Gasteiger partial charge in [-0.15, -0.1) is 0 Å². The average molecular weight is 327 g/mol. The summed E-state index contributed by atoms with van der Waals surface area (Å²) in [6.45, 7) is 7.03. The molecule has 0 bridgehead atoms. The lowest BCUT2D eigenvalue weighted by Gasteiger charge is -2.33. The van der Waals surface area contributed by atoms with Crippen LogP contribution in [0.1, 0.15) is 40.0 Å². The molecule has 0 unspecified atom stereocenters. The van der Waals surface area contributed by atoms with E-state index in [1.54, 1.807) is 25.7 Å². The third-order valence-electron chi connectivity index (χ3n) is 4.11. The molecule has 1 heterocycles. The lowest BCUT2D eigenvalue weighted by atomic mass is 9.97. The van der Waals surface area contributed by atoms with E-state index in [0.29, 0.717) is 26.1 Å². The van der Waals surface area contributed by atoms with Crippen molar-refractivity contribution in [2.75, 3.05) is 19.6 Å². The minimum absolute atomic E-state index is 0.117. The van der Waals surface area contributed by atoms with Gasteiger partial charge in [-0.1, -0.05) is 0 Å². The number of nitrogens with one attached hydrogen (secondary N) is 1. The number of amides is 2. The van der Waals surface area contributed by atoms with Crippen LogP contribution in [-0.2, 0) is 9.53 Å². The van der Waals surface area contributed by atoms with Gasteiger partial charge >= 0.3 is 6.09 Å². The van der Waals surface area contributed by atoms with E-state index in [1.165, 1.54) is 0 Å². The number of nitrogens with zero attached hydrogens (tertiary/aromatic N) is 2. The van der Waals surface area contributed by atoms with E-state index in [2.05, 4.69) is 5.32 Å². The monoisotopic (exact) mass is 327 g/mol. The summed E-state index contributed by atoms with van der Waals surface area (Å²) in [5, 5.41) is 13.4. The van der Waals surface area contributed by atoms with Crippen molar-refractivity contribution in [1.29, 1.82) is 0 Å². The molecule has 23 heavy (non-hydrogen) atoms. The smallest absolute Gasteiger partial charge is 0.407 e. The predicted octanol–water partition coefficient (Wildman–Crippen LogP) is 1.41. The van der Waals surface area contributed by atoms with E-state index < -0.39 is 23.7 Å². The Kier molecular flexibility index (Phi) is 5.11. The number of alkyl carbamates (subject to hydrolysis) is 1. The van der Waals surface area contributed by atoms with E-state index in [-0.39, 0.29) is 16.7 Å². The van der Waals surface area contributed by atoms with Gasteiger partial charge in [-0.2, -0.15) is 0 Å². The summed E-state index contributed by atoms with van der Waals surface area (Å²) >= 11 is 0. The molecule has 2 rings (SSSR count). The normalized spacial score (nSPS) is 27.3. The fourth-order valence-electron chi connectivity index (χ4n) is 2.89. The summed E-state index contributed by atoms with van der Waals surface area (Å²) in [5.41, 5.74) is -0.540. The number of likely N-dealkylation sites (tertiary alicyclic amines) is 1. The van der Waals surface area contributed by atoms with Gasteiger partial charge < -0.3 is 15.0 Å². The highest BCUT2D eigenvalue weighted by Crippen LogP contribution is 2.35. The molecule has 0 aromatic heterocycles. The van der Waals surface area contributed by atoms with Crippen LogP contribution < -0.4 is 5.32 Å². The zero-order chi connectivity index (χ0) is 17.2. The maximum absolute atomic E-state index is 12.3. The SMILES string of the molecule is CC(C)(C)OC(=O)NC[C@@H]1CCCN(C(=O)[C@@H]2C[C@@H]2[N+](=O)[O-])C1. The van der Waals surface area contributed by atoms with Crippen LogP contribution >= 0.6 is 0 Å². The summed E-state index contributed by atoms with van der Waals surface area (Å²) in [4.78, 5) is 35.9. The number of hydrogen-bond donors (Lipinski definition) is 1. The maximum Gasteiger partial charge on any atom is 0.407 e. The molecule has 1 saturated heterocycles. The maximum atomic E-state index is 12.3. The highest BCUT2D eigenvalue weighted by Gasteiger charge is 2.54. The van der Waals surface area contributed by atoms with Crippen molar-refractivity contribution >= 4 is 12.0 Å². The second-order valence-electron chi connectivity index (χ2n) is 7.37. The van der Waals surface area contributed by atoms with Crippen molar-refractivity contribution in [3.63, 3.8) is 0 Å². The topological polar surface area (TPSA) is 102 Å². The summed E-state index contributed by atoms with van der Waals surface area (Å²) in [6.07, 6.45) is 1.66. The lowest BCUT2D eigenvalue weighted by molar-refractivity contribution is -0.497. The Balaban J connectivity index is 1.76. The van der Waals surface area contributed by atoms with Gasteiger partial charge in [-0.3, -0.25) is 14.9 Å². The van der Waals surface area contributed by atoms with Gasteiger partial charge in [0.15, 0.2) is 0 Å². The molecule has 8 nitrogen and oxygen atoms in total. The highest BCUT2D eigenvalue weighted by molar-refractivity contribution is 5.82. The number of piperidine rings is 1. The molecule has 8 heteroatoms. The van der Waals surface area contributed by atoms with Crippen molar-refractivity contribution < 1.29 is 19.2 Å². The third-order valence-corrected chi connectivity index (χ3v) is 4.11. The predicted molar refractivity (Wildman–Crippen MR) is 82.4 cm³/mol. The fraction of sp³-hybridized carbons (Fsp3) is 0.867. The van der Waals surface area contributed by atoms with Crippen LogP contribution in [0.15, 0.2) is 0 Å². The number of nitro groups is 1. The lowest BCUT2D eigenvalue weighted by Crippen LogP contribution is -2.45. The third kappa shape index (κ3) is 5.07. The van der Waals surface area contributed by atoms with Crippen molar-refractivity contribution in [3.8, 4) is 0 Å². The molecule has 2 amide bonds. The second kappa shape index (κ2) is 6.72. The Bertz CT molecular complexity index is 488. The molecule has 1 aliphatic carbocycles. The van der Waals surface area contributed by atoms with E-state index in [0.717, 1.165) is 12.8 Å². The second-order valence-corrected chi connectivity index (χ2v) is 7.37. The van der Waals surface area contributed by atoms with E-state index >= 15 is 0 Å². The molecule has 1 aliphatic heterocycles. The van der Waals surface area contributed by atoms with Gasteiger partial charge in [0.2, 0.25) is 11.9 Å². The zero-order valence-electron chi connectivity index (χ0n) is 13.9. The van der Waals surface area contributed by atoms with E-state index in [1.807, 2.05) is 0 Å². The van der Waals surface area contributed by atoms with Crippen molar-refractivity contribution in [2.24, 2.45) is 11.8 Å². The highest BCUT2D eigenvalue weighted by atomic mass is 16.6. The van der Waals surface area contributed by atoms with Crippen molar-refractivity contribution in [1.82, 2.24) is 10.2 Å². The molecule has 3 atom stereocenters. The van der Waals surface area contributed by atoms with Crippen LogP contribution in [0.3, 0.4) is 0 Å². The molecule has 1 saturated carbocycles. The quantitative estimate of drug-likeness (QED) is 0.621. The van der Waals surface area contributed by atoms with E-state index in [4.69, 9.17) is 4.74 Å². The molecular weight excluding hydrogens is 302 g/mol. The molecule has 2 aliphatic rings. The van der Waals surface area contributed by atoms with Crippen molar-refractivity contribution in [3.05, 3.63) is 10.1 Å².